The van der Waals surface area contributed by atoms with Crippen LogP contribution in [0.4, 0.5) is 0 Å². The van der Waals surface area contributed by atoms with Crippen molar-refractivity contribution < 1.29 is 14.4 Å². The van der Waals surface area contributed by atoms with Gasteiger partial charge in [0.15, 0.2) is 0 Å². The largest absolute Gasteiger partial charge is 0.353 e. The summed E-state index contributed by atoms with van der Waals surface area (Å²) >= 11 is 0. The number of fused-ring (bicyclic) bond motifs is 5. The molecule has 0 bridgehead atoms. The maximum atomic E-state index is 13.4. The van der Waals surface area contributed by atoms with Gasteiger partial charge in [0.05, 0.1) is 0 Å². The van der Waals surface area contributed by atoms with E-state index in [1.807, 2.05) is 0 Å². The molecule has 5 rings (SSSR count). The monoisotopic (exact) mass is 708 g/mol. The van der Waals surface area contributed by atoms with E-state index in [0.717, 1.165) is 70.9 Å². The highest BCUT2D eigenvalue weighted by molar-refractivity contribution is 5.77. The fraction of sp³-hybridized carbons (Fsp3) is 0.780. The highest BCUT2D eigenvalue weighted by Crippen LogP contribution is 2.68. The molecular weight excluding hydrogens is 638 g/mol. The SMILES string of the molecule is C[C@H](CCCN(C)Cc1ccccc1)C1CC[C@H]2C3[C@H](NC(=O)CCN)CC4C[C@H](NC(=O)CCN)CCC4(C)[C@H]3C[C@H](NC(=O)CCN)C12C. The Labute approximate surface area is 307 Å². The first kappa shape index (κ1) is 39.7. The molecule has 1 aromatic rings. The smallest absolute Gasteiger partial charge is 0.221 e. The second-order valence-electron chi connectivity index (χ2n) is 17.3. The van der Waals surface area contributed by atoms with E-state index in [-0.39, 0.29) is 46.7 Å². The van der Waals surface area contributed by atoms with Crippen LogP contribution in [-0.2, 0) is 20.9 Å². The Kier molecular flexibility index (Phi) is 13.6. The van der Waals surface area contributed by atoms with Gasteiger partial charge in [-0.25, -0.2) is 0 Å². The standard InChI is InChI=1S/C41H69N7O3/c1-27(9-8-22-48(4)26-28-10-6-5-7-11-28)31-12-13-32-39-33(25-35(41(31,32)3)47-38(51)17-21-44)40(2)18-14-30(45-36(49)15-19-42)23-29(40)24-34(39)46-37(50)16-20-43/h5-7,10-11,27,29-35,39H,8-9,12-26,42-44H2,1-4H3,(H,45,49)(H,46,50)(H,47,51)/t27-,29?,30-,31?,32+,33+,34-,35+,39?,40?,41?/m1/s1. The van der Waals surface area contributed by atoms with E-state index in [0.29, 0.717) is 74.4 Å². The minimum atomic E-state index is -0.0891. The number of benzene rings is 1. The average molecular weight is 708 g/mol. The summed E-state index contributed by atoms with van der Waals surface area (Å²) in [5, 5.41) is 10.4. The molecule has 0 aliphatic heterocycles. The van der Waals surface area contributed by atoms with Gasteiger partial charge in [-0.05, 0) is 123 Å². The minimum absolute atomic E-state index is 0.0256. The van der Waals surface area contributed by atoms with E-state index < -0.39 is 0 Å². The first-order valence-electron chi connectivity index (χ1n) is 20.1. The lowest BCUT2D eigenvalue weighted by atomic mass is 9.42. The molecule has 0 radical (unpaired) electrons. The van der Waals surface area contributed by atoms with Crippen molar-refractivity contribution in [3.8, 4) is 0 Å². The molecule has 51 heavy (non-hydrogen) atoms. The lowest BCUT2D eigenvalue weighted by molar-refractivity contribution is -0.153. The quantitative estimate of drug-likeness (QED) is 0.151. The Morgan fingerprint density at radius 2 is 1.49 bits per heavy atom. The van der Waals surface area contributed by atoms with Gasteiger partial charge in [-0.1, -0.05) is 51.1 Å². The van der Waals surface area contributed by atoms with Crippen LogP contribution >= 0.6 is 0 Å². The highest BCUT2D eigenvalue weighted by atomic mass is 16.2. The zero-order valence-electron chi connectivity index (χ0n) is 32.0. The normalized spacial score (nSPS) is 34.9. The van der Waals surface area contributed by atoms with Crippen molar-refractivity contribution in [1.82, 2.24) is 20.9 Å². The van der Waals surface area contributed by atoms with Gasteiger partial charge in [-0.15, -0.1) is 0 Å². The Hall–Kier alpha value is -2.53. The third-order valence-corrected chi connectivity index (χ3v) is 14.3. The number of hydrogen-bond acceptors (Lipinski definition) is 7. The lowest BCUT2D eigenvalue weighted by Gasteiger charge is -2.65. The number of rotatable bonds is 16. The first-order valence-corrected chi connectivity index (χ1v) is 20.1. The molecule has 5 unspecified atom stereocenters. The van der Waals surface area contributed by atoms with Crippen molar-refractivity contribution in [3.63, 3.8) is 0 Å². The summed E-state index contributed by atoms with van der Waals surface area (Å²) in [5.74, 6) is 2.53. The highest BCUT2D eigenvalue weighted by Gasteiger charge is 2.66. The van der Waals surface area contributed by atoms with Gasteiger partial charge >= 0.3 is 0 Å². The second kappa shape index (κ2) is 17.5. The van der Waals surface area contributed by atoms with Crippen LogP contribution in [0, 0.1) is 46.3 Å². The molecule has 4 saturated carbocycles. The molecule has 0 spiro atoms. The van der Waals surface area contributed by atoms with Crippen LogP contribution < -0.4 is 33.2 Å². The van der Waals surface area contributed by atoms with Crippen molar-refractivity contribution in [1.29, 1.82) is 0 Å². The van der Waals surface area contributed by atoms with Gasteiger partial charge in [-0.3, -0.25) is 14.4 Å². The molecule has 0 saturated heterocycles. The third kappa shape index (κ3) is 8.82. The van der Waals surface area contributed by atoms with Crippen molar-refractivity contribution in [3.05, 3.63) is 35.9 Å². The van der Waals surface area contributed by atoms with Crippen LogP contribution in [0.1, 0.15) is 103 Å². The fourth-order valence-corrected chi connectivity index (χ4v) is 11.8. The molecule has 4 aliphatic rings. The van der Waals surface area contributed by atoms with E-state index in [1.54, 1.807) is 0 Å². The van der Waals surface area contributed by atoms with Gasteiger partial charge in [0.1, 0.15) is 0 Å². The molecule has 10 nitrogen and oxygen atoms in total. The van der Waals surface area contributed by atoms with Crippen molar-refractivity contribution in [2.45, 2.75) is 122 Å². The van der Waals surface area contributed by atoms with E-state index in [4.69, 9.17) is 17.2 Å². The Morgan fingerprint density at radius 3 is 2.16 bits per heavy atom. The number of nitrogens with one attached hydrogen (secondary N) is 3. The molecule has 4 aliphatic carbocycles. The first-order chi connectivity index (χ1) is 24.4. The second-order valence-corrected chi connectivity index (χ2v) is 17.3. The molecule has 1 aromatic carbocycles. The van der Waals surface area contributed by atoms with Crippen LogP contribution in [0.15, 0.2) is 30.3 Å². The van der Waals surface area contributed by atoms with Crippen LogP contribution in [0.3, 0.4) is 0 Å². The Bertz CT molecular complexity index is 1310. The predicted molar refractivity (Wildman–Crippen MR) is 204 cm³/mol. The van der Waals surface area contributed by atoms with Crippen LogP contribution in [0.2, 0.25) is 0 Å². The summed E-state index contributed by atoms with van der Waals surface area (Å²) in [5.41, 5.74) is 18.8. The van der Waals surface area contributed by atoms with Crippen molar-refractivity contribution in [2.75, 3.05) is 33.2 Å². The topological polar surface area (TPSA) is 169 Å². The minimum Gasteiger partial charge on any atom is -0.353 e. The molecule has 0 heterocycles. The van der Waals surface area contributed by atoms with E-state index >= 15 is 0 Å². The zero-order valence-corrected chi connectivity index (χ0v) is 32.0. The van der Waals surface area contributed by atoms with E-state index in [1.165, 1.54) is 5.56 Å². The van der Waals surface area contributed by atoms with E-state index in [9.17, 15) is 14.4 Å². The number of carbonyl (C=O) groups excluding carboxylic acids is 3. The third-order valence-electron chi connectivity index (χ3n) is 14.3. The summed E-state index contributed by atoms with van der Waals surface area (Å²) in [6, 6.07) is 10.9. The number of amides is 3. The average Bonchev–Trinajstić information content (AvgIpc) is 3.44. The molecule has 4 fully saturated rings. The summed E-state index contributed by atoms with van der Waals surface area (Å²) in [7, 11) is 2.21. The summed E-state index contributed by atoms with van der Waals surface area (Å²) in [6.07, 6.45) is 10.3. The van der Waals surface area contributed by atoms with Crippen molar-refractivity contribution >= 4 is 17.7 Å². The Morgan fingerprint density at radius 1 is 0.843 bits per heavy atom. The maximum absolute atomic E-state index is 13.4. The van der Waals surface area contributed by atoms with Gasteiger partial charge in [-0.2, -0.15) is 0 Å². The lowest BCUT2D eigenvalue weighted by Crippen LogP contribution is -2.67. The molecule has 0 aromatic heterocycles. The number of carbonyl (C=O) groups is 3. The molecular formula is C41H69N7O3. The number of hydrogen-bond donors (Lipinski definition) is 6. The molecule has 10 heteroatoms. The van der Waals surface area contributed by atoms with Gasteiger partial charge in [0.25, 0.3) is 0 Å². The fourth-order valence-electron chi connectivity index (χ4n) is 11.8. The zero-order chi connectivity index (χ0) is 36.8. The number of nitrogens with zero attached hydrogens (tertiary/aromatic N) is 1. The summed E-state index contributed by atoms with van der Waals surface area (Å²) < 4.78 is 0. The maximum Gasteiger partial charge on any atom is 0.221 e. The molecule has 9 N–H and O–H groups in total. The van der Waals surface area contributed by atoms with Crippen LogP contribution in [-0.4, -0.2) is 74.0 Å². The van der Waals surface area contributed by atoms with Gasteiger partial charge < -0.3 is 38.1 Å². The van der Waals surface area contributed by atoms with Gasteiger partial charge in [0.2, 0.25) is 17.7 Å². The molecule has 11 atom stereocenters. The molecule has 3 amide bonds. The summed E-state index contributed by atoms with van der Waals surface area (Å²) in [6.45, 7) is 10.4. The van der Waals surface area contributed by atoms with Crippen LogP contribution in [0.5, 0.6) is 0 Å². The number of nitrogens with two attached hydrogens (primary N) is 3. The predicted octanol–water partition coefficient (Wildman–Crippen LogP) is 3.91. The van der Waals surface area contributed by atoms with Crippen LogP contribution in [0.25, 0.3) is 0 Å². The Balaban J connectivity index is 1.39. The summed E-state index contributed by atoms with van der Waals surface area (Å²) in [4.78, 5) is 41.7. The van der Waals surface area contributed by atoms with Gasteiger partial charge in [0, 0.05) is 63.6 Å². The molecule has 286 valence electrons. The van der Waals surface area contributed by atoms with E-state index in [2.05, 4.69) is 79.0 Å². The van der Waals surface area contributed by atoms with Crippen molar-refractivity contribution in [2.24, 2.45) is 63.5 Å².